The fourth-order valence-corrected chi connectivity index (χ4v) is 1.27. The van der Waals surface area contributed by atoms with Crippen molar-refractivity contribution >= 4 is 5.78 Å². The smallest absolute Gasteiger partial charge is 0.133 e. The normalized spacial score (nSPS) is 9.29. The maximum absolute atomic E-state index is 11.3. The SMILES string of the molecule is CC#CCCC(=O)CCCCCCN. The van der Waals surface area contributed by atoms with Gasteiger partial charge in [-0.2, -0.15) is 0 Å². The molecular weight excluding hydrogens is 174 g/mol. The van der Waals surface area contributed by atoms with E-state index >= 15 is 0 Å². The Balaban J connectivity index is 3.21. The van der Waals surface area contributed by atoms with Crippen LogP contribution in [0.25, 0.3) is 0 Å². The highest BCUT2D eigenvalue weighted by molar-refractivity contribution is 5.78. The minimum absolute atomic E-state index is 0.348. The van der Waals surface area contributed by atoms with E-state index in [1.54, 1.807) is 6.92 Å². The minimum atomic E-state index is 0.348. The minimum Gasteiger partial charge on any atom is -0.330 e. The Bertz CT molecular complexity index is 200. The van der Waals surface area contributed by atoms with Crippen molar-refractivity contribution in [2.24, 2.45) is 5.73 Å². The van der Waals surface area contributed by atoms with E-state index in [1.807, 2.05) is 0 Å². The Morgan fingerprint density at radius 3 is 2.50 bits per heavy atom. The van der Waals surface area contributed by atoms with Crippen molar-refractivity contribution in [1.29, 1.82) is 0 Å². The van der Waals surface area contributed by atoms with E-state index in [2.05, 4.69) is 11.8 Å². The van der Waals surface area contributed by atoms with Crippen molar-refractivity contribution in [2.45, 2.75) is 51.9 Å². The van der Waals surface area contributed by atoms with Gasteiger partial charge in [-0.3, -0.25) is 4.79 Å². The summed E-state index contributed by atoms with van der Waals surface area (Å²) in [6.45, 7) is 2.57. The largest absolute Gasteiger partial charge is 0.330 e. The number of carbonyl (C=O) groups excluding carboxylic acids is 1. The fourth-order valence-electron chi connectivity index (χ4n) is 1.27. The molecule has 0 aliphatic heterocycles. The molecule has 2 heteroatoms. The first kappa shape index (κ1) is 13.2. The van der Waals surface area contributed by atoms with E-state index in [4.69, 9.17) is 5.73 Å². The lowest BCUT2D eigenvalue weighted by atomic mass is 10.1. The molecule has 0 rings (SSSR count). The topological polar surface area (TPSA) is 43.1 Å². The van der Waals surface area contributed by atoms with Crippen molar-refractivity contribution < 1.29 is 4.79 Å². The summed E-state index contributed by atoms with van der Waals surface area (Å²) >= 11 is 0. The second kappa shape index (κ2) is 10.3. The van der Waals surface area contributed by atoms with Crippen molar-refractivity contribution in [1.82, 2.24) is 0 Å². The van der Waals surface area contributed by atoms with Gasteiger partial charge in [-0.15, -0.1) is 11.8 Å². The zero-order valence-electron chi connectivity index (χ0n) is 9.14. The van der Waals surface area contributed by atoms with Gasteiger partial charge in [0.25, 0.3) is 0 Å². The van der Waals surface area contributed by atoms with Crippen LogP contribution in [0.4, 0.5) is 0 Å². The standard InChI is InChI=1S/C12H21NO/c1-2-3-6-9-12(14)10-7-4-5-8-11-13/h4-11,13H2,1H3. The molecule has 0 bridgehead atoms. The summed E-state index contributed by atoms with van der Waals surface area (Å²) in [5, 5.41) is 0. The third-order valence-electron chi connectivity index (χ3n) is 2.12. The van der Waals surface area contributed by atoms with Gasteiger partial charge in [0.15, 0.2) is 0 Å². The number of nitrogens with two attached hydrogens (primary N) is 1. The molecular formula is C12H21NO. The second-order valence-electron chi connectivity index (χ2n) is 3.42. The van der Waals surface area contributed by atoms with Crippen molar-refractivity contribution in [3.05, 3.63) is 0 Å². The Hall–Kier alpha value is -0.810. The van der Waals surface area contributed by atoms with Gasteiger partial charge in [-0.05, 0) is 26.3 Å². The van der Waals surface area contributed by atoms with Gasteiger partial charge >= 0.3 is 0 Å². The van der Waals surface area contributed by atoms with Gasteiger partial charge in [-0.1, -0.05) is 12.8 Å². The Morgan fingerprint density at radius 2 is 1.86 bits per heavy atom. The highest BCUT2D eigenvalue weighted by atomic mass is 16.1. The van der Waals surface area contributed by atoms with Crippen LogP contribution < -0.4 is 5.73 Å². The monoisotopic (exact) mass is 195 g/mol. The third kappa shape index (κ3) is 9.28. The number of Topliss-reactive ketones (excluding diaryl/α,β-unsaturated/α-hetero) is 1. The van der Waals surface area contributed by atoms with Crippen molar-refractivity contribution in [2.75, 3.05) is 6.54 Å². The molecule has 80 valence electrons. The van der Waals surface area contributed by atoms with E-state index in [9.17, 15) is 4.79 Å². The predicted octanol–water partition coefficient (Wildman–Crippen LogP) is 2.27. The molecule has 0 unspecified atom stereocenters. The van der Waals surface area contributed by atoms with Crippen LogP contribution in [-0.4, -0.2) is 12.3 Å². The average molecular weight is 195 g/mol. The molecule has 0 spiro atoms. The van der Waals surface area contributed by atoms with Gasteiger partial charge in [-0.25, -0.2) is 0 Å². The first-order valence-electron chi connectivity index (χ1n) is 5.42. The maximum atomic E-state index is 11.3. The summed E-state index contributed by atoms with van der Waals surface area (Å²) in [7, 11) is 0. The molecule has 0 fully saturated rings. The first-order chi connectivity index (χ1) is 6.81. The summed E-state index contributed by atoms with van der Waals surface area (Å²) in [6, 6.07) is 0. The molecule has 0 aromatic heterocycles. The molecule has 0 saturated heterocycles. The lowest BCUT2D eigenvalue weighted by Gasteiger charge is -1.98. The highest BCUT2D eigenvalue weighted by Crippen LogP contribution is 2.05. The molecule has 0 aliphatic carbocycles. The van der Waals surface area contributed by atoms with Crippen LogP contribution in [0.1, 0.15) is 51.9 Å². The Morgan fingerprint density at radius 1 is 1.14 bits per heavy atom. The number of hydrogen-bond acceptors (Lipinski definition) is 2. The van der Waals surface area contributed by atoms with Crippen LogP contribution in [0, 0.1) is 11.8 Å². The number of unbranched alkanes of at least 4 members (excludes halogenated alkanes) is 3. The number of carbonyl (C=O) groups is 1. The maximum Gasteiger partial charge on any atom is 0.133 e. The summed E-state index contributed by atoms with van der Waals surface area (Å²) in [5.41, 5.74) is 5.37. The molecule has 0 radical (unpaired) electrons. The summed E-state index contributed by atoms with van der Waals surface area (Å²) < 4.78 is 0. The summed E-state index contributed by atoms with van der Waals surface area (Å²) in [6.07, 6.45) is 6.43. The zero-order valence-corrected chi connectivity index (χ0v) is 9.14. The van der Waals surface area contributed by atoms with Crippen LogP contribution in [0.3, 0.4) is 0 Å². The quantitative estimate of drug-likeness (QED) is 0.477. The van der Waals surface area contributed by atoms with Gasteiger partial charge in [0.05, 0.1) is 0 Å². The molecule has 2 N–H and O–H groups in total. The van der Waals surface area contributed by atoms with E-state index < -0.39 is 0 Å². The lowest BCUT2D eigenvalue weighted by Crippen LogP contribution is -1.99. The summed E-state index contributed by atoms with van der Waals surface area (Å²) in [4.78, 5) is 11.3. The summed E-state index contributed by atoms with van der Waals surface area (Å²) in [5.74, 6) is 6.04. The van der Waals surface area contributed by atoms with Gasteiger partial charge in [0.1, 0.15) is 5.78 Å². The van der Waals surface area contributed by atoms with Crippen LogP contribution in [0.5, 0.6) is 0 Å². The van der Waals surface area contributed by atoms with E-state index in [0.29, 0.717) is 12.2 Å². The number of rotatable bonds is 8. The van der Waals surface area contributed by atoms with Crippen LogP contribution in [-0.2, 0) is 4.79 Å². The van der Waals surface area contributed by atoms with E-state index in [0.717, 1.165) is 45.1 Å². The number of hydrogen-bond donors (Lipinski definition) is 1. The predicted molar refractivity (Wildman–Crippen MR) is 59.8 cm³/mol. The molecule has 0 amide bonds. The molecule has 0 saturated carbocycles. The lowest BCUT2D eigenvalue weighted by molar-refractivity contribution is -0.119. The molecule has 0 aromatic carbocycles. The zero-order chi connectivity index (χ0) is 10.6. The Kier molecular flexibility index (Phi) is 9.68. The first-order valence-corrected chi connectivity index (χ1v) is 5.42. The van der Waals surface area contributed by atoms with Crippen LogP contribution >= 0.6 is 0 Å². The highest BCUT2D eigenvalue weighted by Gasteiger charge is 1.99. The van der Waals surface area contributed by atoms with Crippen LogP contribution in [0.15, 0.2) is 0 Å². The van der Waals surface area contributed by atoms with E-state index in [-0.39, 0.29) is 0 Å². The fraction of sp³-hybridized carbons (Fsp3) is 0.750. The van der Waals surface area contributed by atoms with E-state index in [1.165, 1.54) is 0 Å². The molecule has 0 atom stereocenters. The Labute approximate surface area is 87.3 Å². The molecule has 14 heavy (non-hydrogen) atoms. The van der Waals surface area contributed by atoms with Gasteiger partial charge in [0, 0.05) is 19.3 Å². The molecule has 0 aliphatic rings. The average Bonchev–Trinajstić information content (AvgIpc) is 2.18. The van der Waals surface area contributed by atoms with Crippen molar-refractivity contribution in [3.8, 4) is 11.8 Å². The molecule has 0 heterocycles. The molecule has 2 nitrogen and oxygen atoms in total. The molecule has 0 aromatic rings. The second-order valence-corrected chi connectivity index (χ2v) is 3.42. The van der Waals surface area contributed by atoms with Crippen molar-refractivity contribution in [3.63, 3.8) is 0 Å². The van der Waals surface area contributed by atoms with Gasteiger partial charge in [0.2, 0.25) is 0 Å². The van der Waals surface area contributed by atoms with Gasteiger partial charge < -0.3 is 5.73 Å². The third-order valence-corrected chi connectivity index (χ3v) is 2.12. The van der Waals surface area contributed by atoms with Crippen LogP contribution in [0.2, 0.25) is 0 Å². The number of ketones is 1.